The largest absolute Gasteiger partial charge is 0.484 e. The number of piperazine rings is 1. The number of hydrogen-bond donors (Lipinski definition) is 0. The predicted octanol–water partition coefficient (Wildman–Crippen LogP) is 3.94. The maximum Gasteiger partial charge on any atom is 0.260 e. The molecule has 2 atom stereocenters. The maximum absolute atomic E-state index is 12.6. The number of hydrogen-bond acceptors (Lipinski definition) is 3. The first kappa shape index (κ1) is 18.3. The molecule has 1 saturated heterocycles. The summed E-state index contributed by atoms with van der Waals surface area (Å²) < 4.78 is 5.78. The van der Waals surface area contributed by atoms with Gasteiger partial charge in [0.2, 0.25) is 0 Å². The van der Waals surface area contributed by atoms with Crippen molar-refractivity contribution < 1.29 is 9.53 Å². The van der Waals surface area contributed by atoms with E-state index in [2.05, 4.69) is 24.0 Å². The summed E-state index contributed by atoms with van der Waals surface area (Å²) in [5, 5.41) is 2.32. The second-order valence-electron chi connectivity index (χ2n) is 8.04. The van der Waals surface area contributed by atoms with Gasteiger partial charge in [0.25, 0.3) is 5.91 Å². The molecule has 144 valence electrons. The standard InChI is InChI=1S/C23H30N2O2/c1-18-6-2-5-9-22(18)24-12-14-25(15-13-24)23(26)17-27-21-11-10-19-7-3-4-8-20(19)16-21/h3-4,7-8,10-11,16,18,22H,2,5-6,9,12-15,17H2,1H3/t18-,22-/m1/s1. The van der Waals surface area contributed by atoms with Crippen molar-refractivity contribution >= 4 is 16.7 Å². The second-order valence-corrected chi connectivity index (χ2v) is 8.04. The van der Waals surface area contributed by atoms with Crippen molar-refractivity contribution in [2.75, 3.05) is 32.8 Å². The molecule has 1 amide bonds. The fourth-order valence-corrected chi connectivity index (χ4v) is 4.64. The Balaban J connectivity index is 1.27. The van der Waals surface area contributed by atoms with Crippen LogP contribution >= 0.6 is 0 Å². The summed E-state index contributed by atoms with van der Waals surface area (Å²) in [4.78, 5) is 17.1. The quantitative estimate of drug-likeness (QED) is 0.822. The van der Waals surface area contributed by atoms with Gasteiger partial charge in [-0.15, -0.1) is 0 Å². The minimum Gasteiger partial charge on any atom is -0.484 e. The fourth-order valence-electron chi connectivity index (χ4n) is 4.64. The molecule has 4 heteroatoms. The smallest absolute Gasteiger partial charge is 0.260 e. The van der Waals surface area contributed by atoms with Gasteiger partial charge >= 0.3 is 0 Å². The van der Waals surface area contributed by atoms with Crippen LogP contribution in [0.2, 0.25) is 0 Å². The molecule has 2 fully saturated rings. The van der Waals surface area contributed by atoms with Crippen LogP contribution in [-0.4, -0.2) is 54.5 Å². The first-order valence-electron chi connectivity index (χ1n) is 10.3. The van der Waals surface area contributed by atoms with Crippen molar-refractivity contribution in [1.29, 1.82) is 0 Å². The molecular weight excluding hydrogens is 336 g/mol. The molecule has 0 unspecified atom stereocenters. The number of amides is 1. The van der Waals surface area contributed by atoms with E-state index >= 15 is 0 Å². The summed E-state index contributed by atoms with van der Waals surface area (Å²) in [6.45, 7) is 6.15. The first-order valence-corrected chi connectivity index (χ1v) is 10.3. The van der Waals surface area contributed by atoms with Gasteiger partial charge in [0, 0.05) is 32.2 Å². The Morgan fingerprint density at radius 3 is 2.52 bits per heavy atom. The molecule has 1 heterocycles. The Bertz CT molecular complexity index is 783. The lowest BCUT2D eigenvalue weighted by atomic mass is 9.84. The number of nitrogens with zero attached hydrogens (tertiary/aromatic N) is 2. The van der Waals surface area contributed by atoms with Gasteiger partial charge in [-0.1, -0.05) is 50.1 Å². The third-order valence-electron chi connectivity index (χ3n) is 6.29. The summed E-state index contributed by atoms with van der Waals surface area (Å²) in [6.07, 6.45) is 5.40. The van der Waals surface area contributed by atoms with Crippen LogP contribution in [0, 0.1) is 5.92 Å². The third-order valence-corrected chi connectivity index (χ3v) is 6.29. The topological polar surface area (TPSA) is 32.8 Å². The van der Waals surface area contributed by atoms with Gasteiger partial charge in [-0.25, -0.2) is 0 Å². The van der Waals surface area contributed by atoms with E-state index in [0.717, 1.165) is 43.2 Å². The van der Waals surface area contributed by atoms with Crippen LogP contribution in [-0.2, 0) is 4.79 Å². The highest BCUT2D eigenvalue weighted by Crippen LogP contribution is 2.28. The Hall–Kier alpha value is -2.07. The zero-order chi connectivity index (χ0) is 18.6. The van der Waals surface area contributed by atoms with Gasteiger partial charge in [-0.2, -0.15) is 0 Å². The van der Waals surface area contributed by atoms with E-state index in [0.29, 0.717) is 6.04 Å². The van der Waals surface area contributed by atoms with Crippen molar-refractivity contribution in [1.82, 2.24) is 9.80 Å². The first-order chi connectivity index (χ1) is 13.2. The van der Waals surface area contributed by atoms with Gasteiger partial charge in [0.1, 0.15) is 5.75 Å². The number of rotatable bonds is 4. The maximum atomic E-state index is 12.6. The molecule has 4 rings (SSSR count). The van der Waals surface area contributed by atoms with E-state index in [4.69, 9.17) is 4.74 Å². The highest BCUT2D eigenvalue weighted by Gasteiger charge is 2.30. The van der Waals surface area contributed by atoms with Gasteiger partial charge in [-0.3, -0.25) is 9.69 Å². The van der Waals surface area contributed by atoms with E-state index in [-0.39, 0.29) is 12.5 Å². The molecule has 0 bridgehead atoms. The fraction of sp³-hybridized carbons (Fsp3) is 0.522. The number of carbonyl (C=O) groups is 1. The highest BCUT2D eigenvalue weighted by molar-refractivity contribution is 5.84. The van der Waals surface area contributed by atoms with Crippen molar-refractivity contribution in [3.05, 3.63) is 42.5 Å². The number of ether oxygens (including phenoxy) is 1. The van der Waals surface area contributed by atoms with Crippen molar-refractivity contribution in [2.24, 2.45) is 5.92 Å². The van der Waals surface area contributed by atoms with E-state index in [1.807, 2.05) is 35.2 Å². The van der Waals surface area contributed by atoms with Gasteiger partial charge in [0.15, 0.2) is 6.61 Å². The van der Waals surface area contributed by atoms with Crippen LogP contribution in [0.5, 0.6) is 5.75 Å². The van der Waals surface area contributed by atoms with E-state index < -0.39 is 0 Å². The molecule has 2 aromatic carbocycles. The molecule has 0 aromatic heterocycles. The van der Waals surface area contributed by atoms with Crippen LogP contribution in [0.4, 0.5) is 0 Å². The van der Waals surface area contributed by atoms with Crippen molar-refractivity contribution in [3.8, 4) is 5.75 Å². The van der Waals surface area contributed by atoms with Crippen LogP contribution in [0.15, 0.2) is 42.5 Å². The predicted molar refractivity (Wildman–Crippen MR) is 109 cm³/mol. The normalized spacial score (nSPS) is 24.1. The number of fused-ring (bicyclic) bond motifs is 1. The average Bonchev–Trinajstić information content (AvgIpc) is 2.72. The Morgan fingerprint density at radius 1 is 1.00 bits per heavy atom. The Kier molecular flexibility index (Phi) is 5.63. The molecule has 0 spiro atoms. The zero-order valence-electron chi connectivity index (χ0n) is 16.3. The summed E-state index contributed by atoms with van der Waals surface area (Å²) in [5.41, 5.74) is 0. The molecule has 1 aliphatic carbocycles. The minimum atomic E-state index is 0.0968. The molecule has 1 saturated carbocycles. The molecule has 1 aliphatic heterocycles. The van der Waals surface area contributed by atoms with Crippen molar-refractivity contribution in [3.63, 3.8) is 0 Å². The van der Waals surface area contributed by atoms with Crippen LogP contribution in [0.1, 0.15) is 32.6 Å². The van der Waals surface area contributed by atoms with Crippen LogP contribution in [0.3, 0.4) is 0 Å². The van der Waals surface area contributed by atoms with Gasteiger partial charge in [-0.05, 0) is 41.7 Å². The monoisotopic (exact) mass is 366 g/mol. The van der Waals surface area contributed by atoms with E-state index in [1.165, 1.54) is 31.1 Å². The third kappa shape index (κ3) is 4.27. The van der Waals surface area contributed by atoms with Crippen LogP contribution < -0.4 is 4.74 Å². The lowest BCUT2D eigenvalue weighted by Gasteiger charge is -2.43. The minimum absolute atomic E-state index is 0.0968. The summed E-state index contributed by atoms with van der Waals surface area (Å²) in [5.74, 6) is 1.65. The summed E-state index contributed by atoms with van der Waals surface area (Å²) in [6, 6.07) is 14.9. The number of carbonyl (C=O) groups excluding carboxylic acids is 1. The lowest BCUT2D eigenvalue weighted by molar-refractivity contribution is -0.135. The Morgan fingerprint density at radius 2 is 1.74 bits per heavy atom. The zero-order valence-corrected chi connectivity index (χ0v) is 16.3. The second kappa shape index (κ2) is 8.30. The molecular formula is C23H30N2O2. The highest BCUT2D eigenvalue weighted by atomic mass is 16.5. The molecule has 0 radical (unpaired) electrons. The average molecular weight is 367 g/mol. The van der Waals surface area contributed by atoms with E-state index in [9.17, 15) is 4.79 Å². The van der Waals surface area contributed by atoms with Gasteiger partial charge in [0.05, 0.1) is 0 Å². The Labute approximate surface area is 162 Å². The molecule has 2 aromatic rings. The van der Waals surface area contributed by atoms with Crippen LogP contribution in [0.25, 0.3) is 10.8 Å². The van der Waals surface area contributed by atoms with Gasteiger partial charge < -0.3 is 9.64 Å². The SMILES string of the molecule is C[C@@H]1CCCC[C@H]1N1CCN(C(=O)COc2ccc3ccccc3c2)CC1. The number of benzene rings is 2. The van der Waals surface area contributed by atoms with E-state index in [1.54, 1.807) is 0 Å². The molecule has 0 N–H and O–H groups in total. The lowest BCUT2D eigenvalue weighted by Crippen LogP contribution is -2.54. The molecule has 2 aliphatic rings. The summed E-state index contributed by atoms with van der Waals surface area (Å²) >= 11 is 0. The molecule has 27 heavy (non-hydrogen) atoms. The molecule has 4 nitrogen and oxygen atoms in total. The van der Waals surface area contributed by atoms with Crippen molar-refractivity contribution in [2.45, 2.75) is 38.6 Å². The summed E-state index contributed by atoms with van der Waals surface area (Å²) in [7, 11) is 0.